The van der Waals surface area contributed by atoms with Gasteiger partial charge in [0.2, 0.25) is 0 Å². The van der Waals surface area contributed by atoms with Crippen LogP contribution in [0.3, 0.4) is 0 Å². The van der Waals surface area contributed by atoms with E-state index in [1.54, 1.807) is 4.90 Å². The molecule has 0 aromatic heterocycles. The van der Waals surface area contributed by atoms with Gasteiger partial charge in [-0.2, -0.15) is 0 Å². The van der Waals surface area contributed by atoms with Crippen molar-refractivity contribution in [2.24, 2.45) is 23.2 Å². The monoisotopic (exact) mass is 292 g/mol. The summed E-state index contributed by atoms with van der Waals surface area (Å²) >= 11 is 0. The number of urea groups is 1. The number of carboxylic acids is 1. The Labute approximate surface area is 125 Å². The summed E-state index contributed by atoms with van der Waals surface area (Å²) < 4.78 is 0. The van der Waals surface area contributed by atoms with Crippen LogP contribution in [0, 0.1) is 23.2 Å². The van der Waals surface area contributed by atoms with Gasteiger partial charge in [0.1, 0.15) is 0 Å². The largest absolute Gasteiger partial charge is 0.481 e. The maximum Gasteiger partial charge on any atom is 0.317 e. The predicted molar refractivity (Wildman–Crippen MR) is 76.8 cm³/mol. The zero-order valence-electron chi connectivity index (χ0n) is 12.4. The van der Waals surface area contributed by atoms with Crippen molar-refractivity contribution in [3.8, 4) is 0 Å². The number of carbonyl (C=O) groups is 2. The first kappa shape index (κ1) is 13.4. The van der Waals surface area contributed by atoms with Crippen LogP contribution in [0.4, 0.5) is 4.79 Å². The Hall–Kier alpha value is -1.26. The summed E-state index contributed by atoms with van der Waals surface area (Å²) in [4.78, 5) is 26.0. The minimum Gasteiger partial charge on any atom is -0.481 e. The Kier molecular flexibility index (Phi) is 2.95. The Morgan fingerprint density at radius 2 is 1.81 bits per heavy atom. The van der Waals surface area contributed by atoms with Gasteiger partial charge in [-0.25, -0.2) is 4.79 Å². The molecule has 5 heteroatoms. The molecule has 4 aliphatic rings. The molecule has 21 heavy (non-hydrogen) atoms. The van der Waals surface area contributed by atoms with Crippen LogP contribution in [0.1, 0.15) is 44.9 Å². The molecule has 3 aliphatic carbocycles. The lowest BCUT2D eigenvalue weighted by atomic mass is 9.81. The number of rotatable bonds is 4. The molecule has 116 valence electrons. The van der Waals surface area contributed by atoms with Crippen molar-refractivity contribution in [2.75, 3.05) is 13.1 Å². The molecule has 2 N–H and O–H groups in total. The average Bonchev–Trinajstić information content (AvgIpc) is 3.34. The Morgan fingerprint density at radius 1 is 1.14 bits per heavy atom. The highest BCUT2D eigenvalue weighted by Gasteiger charge is 2.56. The second-order valence-corrected chi connectivity index (χ2v) is 7.58. The van der Waals surface area contributed by atoms with Crippen LogP contribution in [0.5, 0.6) is 0 Å². The minimum absolute atomic E-state index is 0.0196. The molecule has 2 atom stereocenters. The molecular formula is C16H24N2O3. The maximum atomic E-state index is 12.5. The van der Waals surface area contributed by atoms with Gasteiger partial charge < -0.3 is 15.3 Å². The summed E-state index contributed by atoms with van der Waals surface area (Å²) in [5, 5.41) is 12.8. The maximum absolute atomic E-state index is 12.5. The molecule has 5 nitrogen and oxygen atoms in total. The van der Waals surface area contributed by atoms with E-state index in [1.165, 1.54) is 25.7 Å². The van der Waals surface area contributed by atoms with Gasteiger partial charge in [0.05, 0.1) is 5.41 Å². The first-order chi connectivity index (χ1) is 10.1. The van der Waals surface area contributed by atoms with E-state index in [9.17, 15) is 14.7 Å². The second kappa shape index (κ2) is 4.62. The summed E-state index contributed by atoms with van der Waals surface area (Å²) in [7, 11) is 0. The smallest absolute Gasteiger partial charge is 0.317 e. The Balaban J connectivity index is 1.42. The number of aliphatic carboxylic acids is 1. The molecule has 0 radical (unpaired) electrons. The molecule has 0 spiro atoms. The highest BCUT2D eigenvalue weighted by Crippen LogP contribution is 2.49. The number of hydrogen-bond donors (Lipinski definition) is 2. The van der Waals surface area contributed by atoms with E-state index in [-0.39, 0.29) is 11.9 Å². The average molecular weight is 292 g/mol. The van der Waals surface area contributed by atoms with E-state index in [4.69, 9.17) is 0 Å². The van der Waals surface area contributed by atoms with Crippen molar-refractivity contribution in [1.82, 2.24) is 10.2 Å². The summed E-state index contributed by atoms with van der Waals surface area (Å²) in [5.74, 6) is 0.802. The molecule has 1 saturated heterocycles. The van der Waals surface area contributed by atoms with Crippen LogP contribution in [0.2, 0.25) is 0 Å². The minimum atomic E-state index is -0.707. The fourth-order valence-electron chi connectivity index (χ4n) is 4.56. The van der Waals surface area contributed by atoms with Gasteiger partial charge in [0.15, 0.2) is 0 Å². The number of nitrogens with one attached hydrogen (secondary N) is 1. The number of hydrogen-bond acceptors (Lipinski definition) is 2. The number of likely N-dealkylation sites (tertiary alicyclic amines) is 1. The fraction of sp³-hybridized carbons (Fsp3) is 0.875. The molecule has 4 fully saturated rings. The highest BCUT2D eigenvalue weighted by molar-refractivity contribution is 5.80. The van der Waals surface area contributed by atoms with Crippen molar-refractivity contribution in [3.63, 3.8) is 0 Å². The zero-order valence-corrected chi connectivity index (χ0v) is 12.4. The second-order valence-electron chi connectivity index (χ2n) is 7.58. The van der Waals surface area contributed by atoms with Crippen LogP contribution in [-0.2, 0) is 4.79 Å². The lowest BCUT2D eigenvalue weighted by Crippen LogP contribution is -2.47. The van der Waals surface area contributed by atoms with Crippen LogP contribution in [-0.4, -0.2) is 41.1 Å². The molecule has 2 amide bonds. The van der Waals surface area contributed by atoms with Gasteiger partial charge in [0.25, 0.3) is 0 Å². The quantitative estimate of drug-likeness (QED) is 0.833. The predicted octanol–water partition coefficient (Wildman–Crippen LogP) is 2.07. The van der Waals surface area contributed by atoms with E-state index in [1.807, 2.05) is 0 Å². The molecule has 4 rings (SSSR count). The van der Waals surface area contributed by atoms with Crippen LogP contribution >= 0.6 is 0 Å². The molecule has 0 unspecified atom stereocenters. The molecule has 0 aromatic rings. The van der Waals surface area contributed by atoms with Crippen molar-refractivity contribution < 1.29 is 14.7 Å². The molecule has 1 heterocycles. The van der Waals surface area contributed by atoms with Gasteiger partial charge in [-0.15, -0.1) is 0 Å². The molecule has 0 aromatic carbocycles. The standard InChI is InChI=1S/C16H24N2O3/c19-14(20)16-7-1-2-12(16)8-18(9-16)15(21)17-13(10-3-4-10)11-5-6-11/h10-13H,1-9H2,(H,17,21)(H,19,20)/t12-,16+/m0/s1. The van der Waals surface area contributed by atoms with Gasteiger partial charge >= 0.3 is 12.0 Å². The Morgan fingerprint density at radius 3 is 2.33 bits per heavy atom. The topological polar surface area (TPSA) is 69.6 Å². The zero-order chi connectivity index (χ0) is 14.6. The van der Waals surface area contributed by atoms with Gasteiger partial charge in [0, 0.05) is 19.1 Å². The first-order valence-corrected chi connectivity index (χ1v) is 8.39. The van der Waals surface area contributed by atoms with Crippen molar-refractivity contribution >= 4 is 12.0 Å². The van der Waals surface area contributed by atoms with Crippen LogP contribution < -0.4 is 5.32 Å². The third-order valence-electron chi connectivity index (χ3n) is 6.13. The molecule has 1 aliphatic heterocycles. The molecule has 3 saturated carbocycles. The lowest BCUT2D eigenvalue weighted by molar-refractivity contribution is -0.149. The number of carbonyl (C=O) groups excluding carboxylic acids is 1. The number of nitrogens with zero attached hydrogens (tertiary/aromatic N) is 1. The third kappa shape index (κ3) is 2.21. The summed E-state index contributed by atoms with van der Waals surface area (Å²) in [6.07, 6.45) is 7.62. The summed E-state index contributed by atoms with van der Waals surface area (Å²) in [6.45, 7) is 1.03. The van der Waals surface area contributed by atoms with Crippen molar-refractivity contribution in [1.29, 1.82) is 0 Å². The first-order valence-electron chi connectivity index (χ1n) is 8.39. The SMILES string of the molecule is O=C(NC(C1CC1)C1CC1)N1C[C@@H]2CCC[C@@]2(C(=O)O)C1. The van der Waals surface area contributed by atoms with E-state index in [0.29, 0.717) is 31.0 Å². The fourth-order valence-corrected chi connectivity index (χ4v) is 4.56. The summed E-state index contributed by atoms with van der Waals surface area (Å²) in [5.41, 5.74) is -0.661. The number of fused-ring (bicyclic) bond motifs is 1. The molecular weight excluding hydrogens is 268 g/mol. The van der Waals surface area contributed by atoms with Crippen molar-refractivity contribution in [3.05, 3.63) is 0 Å². The van der Waals surface area contributed by atoms with Crippen LogP contribution in [0.25, 0.3) is 0 Å². The Bertz CT molecular complexity index is 460. The van der Waals surface area contributed by atoms with Crippen molar-refractivity contribution in [2.45, 2.75) is 51.0 Å². The van der Waals surface area contributed by atoms with E-state index >= 15 is 0 Å². The molecule has 0 bridgehead atoms. The van der Waals surface area contributed by atoms with E-state index in [2.05, 4.69) is 5.32 Å². The third-order valence-corrected chi connectivity index (χ3v) is 6.13. The number of amides is 2. The lowest BCUT2D eigenvalue weighted by Gasteiger charge is -2.25. The van der Waals surface area contributed by atoms with Crippen LogP contribution in [0.15, 0.2) is 0 Å². The normalized spacial score (nSPS) is 35.1. The summed E-state index contributed by atoms with van der Waals surface area (Å²) in [6, 6.07) is 0.326. The highest BCUT2D eigenvalue weighted by atomic mass is 16.4. The van der Waals surface area contributed by atoms with Gasteiger partial charge in [-0.1, -0.05) is 6.42 Å². The van der Waals surface area contributed by atoms with Gasteiger partial charge in [-0.3, -0.25) is 4.79 Å². The van der Waals surface area contributed by atoms with E-state index in [0.717, 1.165) is 19.3 Å². The number of carboxylic acid groups (broad SMARTS) is 1. The van der Waals surface area contributed by atoms with Gasteiger partial charge in [-0.05, 0) is 56.3 Å². The van der Waals surface area contributed by atoms with E-state index < -0.39 is 11.4 Å².